The van der Waals surface area contributed by atoms with Crippen LogP contribution in [0, 0.1) is 5.82 Å². The van der Waals surface area contributed by atoms with Crippen LogP contribution in [0.5, 0.6) is 5.75 Å². The monoisotopic (exact) mass is 441 g/mol. The predicted molar refractivity (Wildman–Crippen MR) is 95.9 cm³/mol. The zero-order valence-electron chi connectivity index (χ0n) is 13.2. The number of hydrogen-bond acceptors (Lipinski definition) is 6. The minimum atomic E-state index is -0.637. The van der Waals surface area contributed by atoms with Crippen molar-refractivity contribution in [2.75, 3.05) is 12.4 Å². The fraction of sp³-hybridized carbons (Fsp3) is 0.133. The summed E-state index contributed by atoms with van der Waals surface area (Å²) in [6.07, 6.45) is 1.81. The van der Waals surface area contributed by atoms with Gasteiger partial charge in [-0.25, -0.2) is 19.0 Å². The first-order chi connectivity index (χ1) is 12.4. The Balaban J connectivity index is 1.95. The van der Waals surface area contributed by atoms with Gasteiger partial charge in [0.05, 0.1) is 34.7 Å². The zero-order valence-corrected chi connectivity index (χ0v) is 15.5. The summed E-state index contributed by atoms with van der Waals surface area (Å²) in [5, 5.41) is 6.88. The highest BCUT2D eigenvalue weighted by Crippen LogP contribution is 2.35. The molecule has 1 N–H and O–H groups in total. The normalized spacial score (nSPS) is 10.8. The molecule has 0 aliphatic heterocycles. The Hall–Kier alpha value is -2.59. The molecule has 2 heterocycles. The molecule has 0 fully saturated rings. The number of carbonyl (C=O) groups is 1. The molecular weight excluding hydrogens is 433 g/mol. The van der Waals surface area contributed by atoms with E-state index in [2.05, 4.69) is 36.3 Å². The smallest absolute Gasteiger partial charge is 0.275 e. The number of methoxy groups -OCH3 is 1. The van der Waals surface area contributed by atoms with E-state index in [-0.39, 0.29) is 16.5 Å². The quantitative estimate of drug-likeness (QED) is 0.666. The number of aromatic nitrogens is 4. The highest BCUT2D eigenvalue weighted by atomic mass is 79.9. The molecule has 1 amide bonds. The molecule has 0 atom stereocenters. The van der Waals surface area contributed by atoms with E-state index in [1.165, 1.54) is 7.11 Å². The molecule has 3 aromatic rings. The lowest BCUT2D eigenvalue weighted by molar-refractivity contribution is -0.117. The van der Waals surface area contributed by atoms with Crippen LogP contribution in [0.4, 0.5) is 10.3 Å². The third-order valence-corrected chi connectivity index (χ3v) is 4.25. The van der Waals surface area contributed by atoms with Gasteiger partial charge < -0.3 is 4.74 Å². The maximum atomic E-state index is 12.8. The summed E-state index contributed by atoms with van der Waals surface area (Å²) in [6, 6.07) is 3.19. The van der Waals surface area contributed by atoms with Gasteiger partial charge in [0.1, 0.15) is 12.3 Å². The van der Waals surface area contributed by atoms with Gasteiger partial charge in [-0.15, -0.1) is 0 Å². The first kappa shape index (κ1) is 18.2. The van der Waals surface area contributed by atoms with E-state index in [9.17, 15) is 14.0 Å². The molecule has 0 saturated heterocycles. The van der Waals surface area contributed by atoms with Crippen LogP contribution >= 0.6 is 27.5 Å². The summed E-state index contributed by atoms with van der Waals surface area (Å²) in [4.78, 5) is 31.9. The molecule has 1 aromatic carbocycles. The minimum absolute atomic E-state index is 0.00332. The number of ether oxygens (including phenoxy) is 1. The second kappa shape index (κ2) is 7.34. The third-order valence-electron chi connectivity index (χ3n) is 3.36. The summed E-state index contributed by atoms with van der Waals surface area (Å²) < 4.78 is 19.6. The summed E-state index contributed by atoms with van der Waals surface area (Å²) in [5.41, 5.74) is -0.523. The van der Waals surface area contributed by atoms with Crippen LogP contribution in [-0.4, -0.2) is 32.8 Å². The molecular formula is C15H10BrClFN5O3. The number of fused-ring (bicyclic) bond motifs is 1. The molecule has 0 radical (unpaired) electrons. The van der Waals surface area contributed by atoms with E-state index in [4.69, 9.17) is 16.3 Å². The Morgan fingerprint density at radius 2 is 2.08 bits per heavy atom. The van der Waals surface area contributed by atoms with Gasteiger partial charge in [-0.1, -0.05) is 11.6 Å². The topological polar surface area (TPSA) is 99.0 Å². The van der Waals surface area contributed by atoms with Gasteiger partial charge in [0.25, 0.3) is 5.56 Å². The Kier molecular flexibility index (Phi) is 5.14. The lowest BCUT2D eigenvalue weighted by Crippen LogP contribution is -2.30. The average Bonchev–Trinajstić information content (AvgIpc) is 2.61. The second-order valence-corrected chi connectivity index (χ2v) is 6.24. The van der Waals surface area contributed by atoms with E-state index in [0.717, 1.165) is 17.1 Å². The average molecular weight is 443 g/mol. The van der Waals surface area contributed by atoms with Crippen molar-refractivity contribution in [3.8, 4) is 5.75 Å². The molecule has 0 aliphatic carbocycles. The molecule has 0 saturated carbocycles. The molecule has 8 nitrogen and oxygen atoms in total. The van der Waals surface area contributed by atoms with Crippen LogP contribution in [0.2, 0.25) is 5.15 Å². The van der Waals surface area contributed by atoms with Crippen molar-refractivity contribution in [1.29, 1.82) is 0 Å². The number of nitrogens with one attached hydrogen (secondary N) is 1. The number of benzene rings is 1. The molecule has 3 rings (SSSR count). The summed E-state index contributed by atoms with van der Waals surface area (Å²) in [7, 11) is 1.44. The van der Waals surface area contributed by atoms with Crippen LogP contribution < -0.4 is 15.6 Å². The van der Waals surface area contributed by atoms with Gasteiger partial charge in [-0.2, -0.15) is 5.10 Å². The van der Waals surface area contributed by atoms with Gasteiger partial charge in [0.2, 0.25) is 11.9 Å². The van der Waals surface area contributed by atoms with Crippen molar-refractivity contribution in [2.24, 2.45) is 0 Å². The van der Waals surface area contributed by atoms with Gasteiger partial charge in [0.15, 0.2) is 11.0 Å². The number of carbonyl (C=O) groups excluding carboxylic acids is 1. The minimum Gasteiger partial charge on any atom is -0.495 e. The SMILES string of the molecule is COc1c(Br)ccc2c(=O)n(CC(=O)Nc3ncc(F)cn3)nc(Cl)c12. The Labute approximate surface area is 159 Å². The van der Waals surface area contributed by atoms with Crippen molar-refractivity contribution in [3.05, 3.63) is 50.3 Å². The van der Waals surface area contributed by atoms with Crippen LogP contribution in [0.3, 0.4) is 0 Å². The zero-order chi connectivity index (χ0) is 18.8. The molecule has 134 valence electrons. The summed E-state index contributed by atoms with van der Waals surface area (Å²) >= 11 is 9.49. The number of rotatable bonds is 4. The first-order valence-corrected chi connectivity index (χ1v) is 8.28. The second-order valence-electron chi connectivity index (χ2n) is 5.03. The van der Waals surface area contributed by atoms with E-state index in [1.807, 2.05) is 0 Å². The fourth-order valence-corrected chi connectivity index (χ4v) is 3.04. The van der Waals surface area contributed by atoms with Crippen LogP contribution in [0.25, 0.3) is 10.8 Å². The maximum Gasteiger partial charge on any atom is 0.275 e. The van der Waals surface area contributed by atoms with Crippen LogP contribution in [-0.2, 0) is 11.3 Å². The highest BCUT2D eigenvalue weighted by molar-refractivity contribution is 9.10. The van der Waals surface area contributed by atoms with Crippen LogP contribution in [0.15, 0.2) is 33.8 Å². The number of amides is 1. The van der Waals surface area contributed by atoms with Gasteiger partial charge in [-0.3, -0.25) is 14.9 Å². The Morgan fingerprint density at radius 3 is 2.73 bits per heavy atom. The lowest BCUT2D eigenvalue weighted by atomic mass is 10.2. The van der Waals surface area contributed by atoms with Crippen molar-refractivity contribution >= 4 is 50.2 Å². The molecule has 0 spiro atoms. The first-order valence-electron chi connectivity index (χ1n) is 7.11. The van der Waals surface area contributed by atoms with E-state index < -0.39 is 23.8 Å². The number of halogens is 3. The number of anilines is 1. The Morgan fingerprint density at radius 1 is 1.38 bits per heavy atom. The molecule has 0 bridgehead atoms. The molecule has 11 heteroatoms. The summed E-state index contributed by atoms with van der Waals surface area (Å²) in [6.45, 7) is -0.423. The third kappa shape index (κ3) is 3.51. The van der Waals surface area contributed by atoms with E-state index >= 15 is 0 Å². The molecule has 0 aliphatic rings. The number of nitrogens with zero attached hydrogens (tertiary/aromatic N) is 4. The van der Waals surface area contributed by atoms with Crippen LogP contribution in [0.1, 0.15) is 0 Å². The molecule has 2 aromatic heterocycles. The van der Waals surface area contributed by atoms with Crippen molar-refractivity contribution < 1.29 is 13.9 Å². The lowest BCUT2D eigenvalue weighted by Gasteiger charge is -2.11. The number of hydrogen-bond donors (Lipinski definition) is 1. The summed E-state index contributed by atoms with van der Waals surface area (Å²) in [5.74, 6) is -0.983. The van der Waals surface area contributed by atoms with Crippen molar-refractivity contribution in [1.82, 2.24) is 19.7 Å². The fourth-order valence-electron chi connectivity index (χ4n) is 2.26. The maximum absolute atomic E-state index is 12.8. The van der Waals surface area contributed by atoms with E-state index in [1.54, 1.807) is 12.1 Å². The van der Waals surface area contributed by atoms with Gasteiger partial charge in [-0.05, 0) is 28.1 Å². The molecule has 26 heavy (non-hydrogen) atoms. The standard InChI is InChI=1S/C15H10BrClFN5O3/c1-26-12-9(16)3-2-8-11(12)13(17)22-23(14(8)25)6-10(24)21-15-19-4-7(18)5-20-15/h2-5H,6H2,1H3,(H,19,20,21,24). The van der Waals surface area contributed by atoms with Gasteiger partial charge in [0, 0.05) is 0 Å². The van der Waals surface area contributed by atoms with Crippen molar-refractivity contribution in [3.63, 3.8) is 0 Å². The van der Waals surface area contributed by atoms with Crippen molar-refractivity contribution in [2.45, 2.75) is 6.54 Å². The van der Waals surface area contributed by atoms with E-state index in [0.29, 0.717) is 15.6 Å². The largest absolute Gasteiger partial charge is 0.495 e. The molecule has 0 unspecified atom stereocenters. The Bertz CT molecular complexity index is 1060. The predicted octanol–water partition coefficient (Wildman–Crippen LogP) is 2.39. The highest BCUT2D eigenvalue weighted by Gasteiger charge is 2.17. The van der Waals surface area contributed by atoms with Gasteiger partial charge >= 0.3 is 0 Å².